The monoisotopic (exact) mass is 213 g/mol. The zero-order valence-electron chi connectivity index (χ0n) is 7.79. The second-order valence-corrected chi connectivity index (χ2v) is 4.14. The number of benzene rings is 1. The van der Waals surface area contributed by atoms with E-state index in [1.807, 2.05) is 24.4 Å². The van der Waals surface area contributed by atoms with Crippen LogP contribution in [0.1, 0.15) is 5.56 Å². The van der Waals surface area contributed by atoms with Gasteiger partial charge in [0.15, 0.2) is 0 Å². The van der Waals surface area contributed by atoms with Gasteiger partial charge < -0.3 is 0 Å². The van der Waals surface area contributed by atoms with Crippen LogP contribution in [-0.2, 0) is 0 Å². The first-order chi connectivity index (χ1) is 7.43. The number of aliphatic imine (C=N–C) groups is 1. The third-order valence-corrected chi connectivity index (χ3v) is 3.23. The standard InChI is InChI=1S/C11H7N3S/c1-2-4-10-8(3-1)5-13-9-6-12-7-14-11(9)15-10/h1-7H. The van der Waals surface area contributed by atoms with Crippen LogP contribution in [0.3, 0.4) is 0 Å². The summed E-state index contributed by atoms with van der Waals surface area (Å²) in [6, 6.07) is 8.15. The van der Waals surface area contributed by atoms with Gasteiger partial charge >= 0.3 is 0 Å². The first-order valence-electron chi connectivity index (χ1n) is 4.54. The van der Waals surface area contributed by atoms with E-state index in [1.165, 1.54) is 4.90 Å². The number of nitrogens with zero attached hydrogens (tertiary/aromatic N) is 3. The van der Waals surface area contributed by atoms with Crippen molar-refractivity contribution in [1.29, 1.82) is 0 Å². The van der Waals surface area contributed by atoms with Gasteiger partial charge in [-0.1, -0.05) is 30.0 Å². The van der Waals surface area contributed by atoms with Gasteiger partial charge in [-0.25, -0.2) is 9.97 Å². The van der Waals surface area contributed by atoms with Crippen molar-refractivity contribution < 1.29 is 0 Å². The SMILES string of the molecule is C1=Nc2cncnc2Sc2ccccc21. The van der Waals surface area contributed by atoms with E-state index in [0.717, 1.165) is 16.3 Å². The predicted octanol–water partition coefficient (Wildman–Crippen LogP) is 2.69. The van der Waals surface area contributed by atoms with Gasteiger partial charge in [-0.05, 0) is 6.07 Å². The largest absolute Gasteiger partial charge is 0.252 e. The van der Waals surface area contributed by atoms with Gasteiger partial charge in [0.25, 0.3) is 0 Å². The Kier molecular flexibility index (Phi) is 1.99. The molecule has 1 aliphatic heterocycles. The predicted molar refractivity (Wildman–Crippen MR) is 59.9 cm³/mol. The highest BCUT2D eigenvalue weighted by Crippen LogP contribution is 2.36. The van der Waals surface area contributed by atoms with Crippen LogP contribution in [0.4, 0.5) is 5.69 Å². The van der Waals surface area contributed by atoms with Gasteiger partial charge in [-0.3, -0.25) is 4.99 Å². The van der Waals surface area contributed by atoms with Crippen LogP contribution in [-0.4, -0.2) is 16.2 Å². The van der Waals surface area contributed by atoms with Crippen molar-refractivity contribution in [3.63, 3.8) is 0 Å². The van der Waals surface area contributed by atoms with Crippen LogP contribution in [0.25, 0.3) is 0 Å². The molecule has 2 aromatic rings. The Morgan fingerprint density at radius 1 is 1.13 bits per heavy atom. The fourth-order valence-electron chi connectivity index (χ4n) is 1.40. The molecule has 0 saturated carbocycles. The first-order valence-corrected chi connectivity index (χ1v) is 5.36. The molecule has 3 nitrogen and oxygen atoms in total. The first kappa shape index (κ1) is 8.61. The van der Waals surface area contributed by atoms with Gasteiger partial charge in [-0.15, -0.1) is 0 Å². The number of rotatable bonds is 0. The van der Waals surface area contributed by atoms with E-state index in [2.05, 4.69) is 21.0 Å². The molecule has 2 heterocycles. The highest BCUT2D eigenvalue weighted by atomic mass is 32.2. The lowest BCUT2D eigenvalue weighted by molar-refractivity contribution is 1.04. The van der Waals surface area contributed by atoms with Crippen LogP contribution >= 0.6 is 11.8 Å². The maximum Gasteiger partial charge on any atom is 0.130 e. The average molecular weight is 213 g/mol. The van der Waals surface area contributed by atoms with E-state index < -0.39 is 0 Å². The Hall–Kier alpha value is -1.68. The molecule has 0 bridgehead atoms. The molecule has 0 amide bonds. The van der Waals surface area contributed by atoms with Crippen LogP contribution in [0.2, 0.25) is 0 Å². The normalized spacial score (nSPS) is 12.8. The molecule has 0 radical (unpaired) electrons. The molecule has 0 atom stereocenters. The molecule has 4 heteroatoms. The van der Waals surface area contributed by atoms with E-state index in [9.17, 15) is 0 Å². The molecule has 15 heavy (non-hydrogen) atoms. The van der Waals surface area contributed by atoms with Crippen molar-refractivity contribution in [3.05, 3.63) is 42.4 Å². The number of fused-ring (bicyclic) bond motifs is 2. The lowest BCUT2D eigenvalue weighted by atomic mass is 10.2. The Bertz CT molecular complexity index is 489. The fourth-order valence-corrected chi connectivity index (χ4v) is 2.30. The van der Waals surface area contributed by atoms with Gasteiger partial charge in [-0.2, -0.15) is 0 Å². The molecule has 0 spiro atoms. The van der Waals surface area contributed by atoms with E-state index >= 15 is 0 Å². The zero-order chi connectivity index (χ0) is 10.1. The minimum atomic E-state index is 0.832. The third-order valence-electron chi connectivity index (χ3n) is 2.13. The highest BCUT2D eigenvalue weighted by molar-refractivity contribution is 7.99. The van der Waals surface area contributed by atoms with E-state index in [-0.39, 0.29) is 0 Å². The van der Waals surface area contributed by atoms with Crippen LogP contribution in [0.5, 0.6) is 0 Å². The summed E-state index contributed by atoms with van der Waals surface area (Å²) in [4.78, 5) is 13.7. The quantitative estimate of drug-likeness (QED) is 0.539. The maximum atomic E-state index is 4.36. The maximum absolute atomic E-state index is 4.36. The van der Waals surface area contributed by atoms with Crippen LogP contribution in [0, 0.1) is 0 Å². The summed E-state index contributed by atoms with van der Waals surface area (Å²) in [7, 11) is 0. The summed E-state index contributed by atoms with van der Waals surface area (Å²) < 4.78 is 0. The van der Waals surface area contributed by atoms with Crippen molar-refractivity contribution in [1.82, 2.24) is 9.97 Å². The fraction of sp³-hybridized carbons (Fsp3) is 0. The second-order valence-electron chi connectivity index (χ2n) is 3.11. The third kappa shape index (κ3) is 1.53. The number of hydrogen-bond donors (Lipinski definition) is 0. The molecule has 72 valence electrons. The highest BCUT2D eigenvalue weighted by Gasteiger charge is 2.10. The Labute approximate surface area is 91.3 Å². The molecular weight excluding hydrogens is 206 g/mol. The number of aromatic nitrogens is 2. The minimum Gasteiger partial charge on any atom is -0.252 e. The molecule has 0 fully saturated rings. The molecule has 0 aliphatic carbocycles. The van der Waals surface area contributed by atoms with E-state index in [1.54, 1.807) is 24.3 Å². The van der Waals surface area contributed by atoms with Crippen molar-refractivity contribution in [2.24, 2.45) is 4.99 Å². The van der Waals surface area contributed by atoms with E-state index in [4.69, 9.17) is 0 Å². The number of hydrogen-bond acceptors (Lipinski definition) is 4. The summed E-state index contributed by atoms with van der Waals surface area (Å²) >= 11 is 1.63. The Morgan fingerprint density at radius 3 is 3.07 bits per heavy atom. The molecule has 1 aliphatic rings. The molecule has 0 unspecified atom stereocenters. The lowest BCUT2D eigenvalue weighted by Crippen LogP contribution is -1.82. The smallest absolute Gasteiger partial charge is 0.130 e. The van der Waals surface area contributed by atoms with Gasteiger partial charge in [0.05, 0.1) is 6.20 Å². The molecule has 1 aromatic heterocycles. The Morgan fingerprint density at radius 2 is 2.07 bits per heavy atom. The molecule has 0 saturated heterocycles. The van der Waals surface area contributed by atoms with Crippen LogP contribution < -0.4 is 0 Å². The van der Waals surface area contributed by atoms with Crippen LogP contribution in [0.15, 0.2) is 51.7 Å². The summed E-state index contributed by atoms with van der Waals surface area (Å²) in [6.45, 7) is 0. The van der Waals surface area contributed by atoms with E-state index in [0.29, 0.717) is 0 Å². The van der Waals surface area contributed by atoms with Gasteiger partial charge in [0.1, 0.15) is 17.0 Å². The lowest BCUT2D eigenvalue weighted by Gasteiger charge is -2.01. The summed E-state index contributed by atoms with van der Waals surface area (Å²) in [6.07, 6.45) is 5.14. The second kappa shape index (κ2) is 3.47. The van der Waals surface area contributed by atoms with Gasteiger partial charge in [0.2, 0.25) is 0 Å². The summed E-state index contributed by atoms with van der Waals surface area (Å²) in [5, 5.41) is 0.909. The average Bonchev–Trinajstić information content (AvgIpc) is 2.48. The van der Waals surface area contributed by atoms with Gasteiger partial charge in [0, 0.05) is 16.7 Å². The topological polar surface area (TPSA) is 38.1 Å². The van der Waals surface area contributed by atoms with Crippen molar-refractivity contribution >= 4 is 23.7 Å². The van der Waals surface area contributed by atoms with Crippen molar-refractivity contribution in [2.75, 3.05) is 0 Å². The van der Waals surface area contributed by atoms with Crippen molar-refractivity contribution in [3.8, 4) is 0 Å². The molecule has 1 aromatic carbocycles. The van der Waals surface area contributed by atoms with Crippen molar-refractivity contribution in [2.45, 2.75) is 9.92 Å². The Balaban J connectivity index is 2.19. The molecule has 3 rings (SSSR count). The molecular formula is C11H7N3S. The summed E-state index contributed by atoms with van der Waals surface area (Å²) in [5.74, 6) is 0. The summed E-state index contributed by atoms with van der Waals surface area (Å²) in [5.41, 5.74) is 1.96. The zero-order valence-corrected chi connectivity index (χ0v) is 8.61. The minimum absolute atomic E-state index is 0.832. The molecule has 0 N–H and O–H groups in total.